The van der Waals surface area contributed by atoms with Crippen LogP contribution in [0.4, 0.5) is 5.69 Å². The van der Waals surface area contributed by atoms with Crippen molar-refractivity contribution in [1.29, 1.82) is 0 Å². The SMILES string of the molecule is Oc1c(Cl)cccc1NCc1cccc(Oc2ccc(Cl)cc2)c1. The van der Waals surface area contributed by atoms with Gasteiger partial charge in [0, 0.05) is 11.6 Å². The number of aromatic hydroxyl groups is 1. The van der Waals surface area contributed by atoms with Gasteiger partial charge in [0.05, 0.1) is 10.7 Å². The van der Waals surface area contributed by atoms with Crippen LogP contribution in [-0.4, -0.2) is 5.11 Å². The molecule has 122 valence electrons. The molecule has 2 N–H and O–H groups in total. The Hall–Kier alpha value is -2.36. The Morgan fingerprint density at radius 3 is 2.42 bits per heavy atom. The van der Waals surface area contributed by atoms with Crippen LogP contribution in [0.15, 0.2) is 66.7 Å². The zero-order valence-corrected chi connectivity index (χ0v) is 14.2. The van der Waals surface area contributed by atoms with Crippen LogP contribution in [-0.2, 0) is 6.54 Å². The molecule has 0 aliphatic carbocycles. The molecule has 0 aliphatic heterocycles. The molecule has 0 heterocycles. The Morgan fingerprint density at radius 1 is 0.875 bits per heavy atom. The first kappa shape index (κ1) is 16.5. The zero-order valence-electron chi connectivity index (χ0n) is 12.7. The Kier molecular flexibility index (Phi) is 5.14. The molecule has 0 bridgehead atoms. The van der Waals surface area contributed by atoms with Crippen molar-refractivity contribution in [3.63, 3.8) is 0 Å². The average molecular weight is 360 g/mol. The Morgan fingerprint density at radius 2 is 1.62 bits per heavy atom. The largest absolute Gasteiger partial charge is 0.504 e. The standard InChI is InChI=1S/C19H15Cl2NO2/c20-14-7-9-15(10-8-14)24-16-4-1-3-13(11-16)12-22-18-6-2-5-17(21)19(18)23/h1-11,22-23H,12H2. The molecule has 5 heteroatoms. The molecule has 0 aromatic heterocycles. The highest BCUT2D eigenvalue weighted by Gasteiger charge is 2.05. The van der Waals surface area contributed by atoms with Crippen LogP contribution >= 0.6 is 23.2 Å². The van der Waals surface area contributed by atoms with Gasteiger partial charge in [0.15, 0.2) is 5.75 Å². The number of para-hydroxylation sites is 1. The third-order valence-corrected chi connectivity index (χ3v) is 3.97. The summed E-state index contributed by atoms with van der Waals surface area (Å²) in [6, 6.07) is 20.1. The van der Waals surface area contributed by atoms with Gasteiger partial charge in [-0.3, -0.25) is 0 Å². The first-order chi connectivity index (χ1) is 11.6. The zero-order chi connectivity index (χ0) is 16.9. The van der Waals surface area contributed by atoms with E-state index < -0.39 is 0 Å². The third kappa shape index (κ3) is 4.13. The molecule has 0 amide bonds. The molecule has 0 fully saturated rings. The topological polar surface area (TPSA) is 41.5 Å². The van der Waals surface area contributed by atoms with Crippen LogP contribution in [0.1, 0.15) is 5.56 Å². The highest BCUT2D eigenvalue weighted by molar-refractivity contribution is 6.32. The van der Waals surface area contributed by atoms with Crippen LogP contribution in [0, 0.1) is 0 Å². The molecule has 24 heavy (non-hydrogen) atoms. The van der Waals surface area contributed by atoms with Gasteiger partial charge in [-0.2, -0.15) is 0 Å². The number of phenolic OH excluding ortho intramolecular Hbond substituents is 1. The fraction of sp³-hybridized carbons (Fsp3) is 0.0526. The summed E-state index contributed by atoms with van der Waals surface area (Å²) in [4.78, 5) is 0. The van der Waals surface area contributed by atoms with Crippen molar-refractivity contribution >= 4 is 28.9 Å². The van der Waals surface area contributed by atoms with Gasteiger partial charge in [0.1, 0.15) is 11.5 Å². The van der Waals surface area contributed by atoms with E-state index in [-0.39, 0.29) is 5.75 Å². The highest BCUT2D eigenvalue weighted by Crippen LogP contribution is 2.31. The number of anilines is 1. The number of phenols is 1. The maximum absolute atomic E-state index is 9.92. The summed E-state index contributed by atoms with van der Waals surface area (Å²) in [7, 11) is 0. The van der Waals surface area contributed by atoms with Crippen LogP contribution in [0.5, 0.6) is 17.2 Å². The number of halogens is 2. The molecule has 0 radical (unpaired) electrons. The predicted octanol–water partition coefficient (Wildman–Crippen LogP) is 6.10. The third-order valence-electron chi connectivity index (χ3n) is 3.42. The van der Waals surface area contributed by atoms with E-state index in [2.05, 4.69) is 5.32 Å². The van der Waals surface area contributed by atoms with E-state index in [1.165, 1.54) is 0 Å². The van der Waals surface area contributed by atoms with Gasteiger partial charge in [-0.15, -0.1) is 0 Å². The molecule has 0 atom stereocenters. The number of ether oxygens (including phenoxy) is 1. The van der Waals surface area contributed by atoms with Gasteiger partial charge >= 0.3 is 0 Å². The number of nitrogens with one attached hydrogen (secondary N) is 1. The van der Waals surface area contributed by atoms with Gasteiger partial charge in [-0.05, 0) is 54.1 Å². The number of hydrogen-bond acceptors (Lipinski definition) is 3. The number of hydrogen-bond donors (Lipinski definition) is 2. The molecule has 0 aliphatic rings. The van der Waals surface area contributed by atoms with Crippen molar-refractivity contribution in [3.05, 3.63) is 82.3 Å². The second-order valence-corrected chi connectivity index (χ2v) is 6.04. The van der Waals surface area contributed by atoms with Crippen molar-refractivity contribution in [2.24, 2.45) is 0 Å². The van der Waals surface area contributed by atoms with E-state index in [0.29, 0.717) is 22.3 Å². The summed E-state index contributed by atoms with van der Waals surface area (Å²) in [5.41, 5.74) is 1.60. The summed E-state index contributed by atoms with van der Waals surface area (Å²) in [5.74, 6) is 1.50. The number of benzene rings is 3. The molecule has 3 nitrogen and oxygen atoms in total. The van der Waals surface area contributed by atoms with Gasteiger partial charge in [0.2, 0.25) is 0 Å². The highest BCUT2D eigenvalue weighted by atomic mass is 35.5. The molecular formula is C19H15Cl2NO2. The van der Waals surface area contributed by atoms with E-state index >= 15 is 0 Å². The van der Waals surface area contributed by atoms with Crippen LogP contribution in [0.3, 0.4) is 0 Å². The lowest BCUT2D eigenvalue weighted by atomic mass is 10.2. The first-order valence-corrected chi connectivity index (χ1v) is 8.11. The van der Waals surface area contributed by atoms with Gasteiger partial charge < -0.3 is 15.2 Å². The molecule has 3 aromatic carbocycles. The number of rotatable bonds is 5. The lowest BCUT2D eigenvalue weighted by Crippen LogP contribution is -2.00. The molecule has 0 spiro atoms. The van der Waals surface area contributed by atoms with Crippen LogP contribution in [0.2, 0.25) is 10.0 Å². The predicted molar refractivity (Wildman–Crippen MR) is 98.4 cm³/mol. The molecule has 0 unspecified atom stereocenters. The van der Waals surface area contributed by atoms with E-state index in [9.17, 15) is 5.11 Å². The molecular weight excluding hydrogens is 345 g/mol. The normalized spacial score (nSPS) is 10.4. The minimum Gasteiger partial charge on any atom is -0.504 e. The van der Waals surface area contributed by atoms with Gasteiger partial charge in [0.25, 0.3) is 0 Å². The van der Waals surface area contributed by atoms with Crippen LogP contribution in [0.25, 0.3) is 0 Å². The summed E-state index contributed by atoms with van der Waals surface area (Å²) in [6.07, 6.45) is 0. The minimum absolute atomic E-state index is 0.0488. The van der Waals surface area contributed by atoms with E-state index in [4.69, 9.17) is 27.9 Å². The smallest absolute Gasteiger partial charge is 0.157 e. The molecule has 3 rings (SSSR count). The Balaban J connectivity index is 1.69. The maximum Gasteiger partial charge on any atom is 0.157 e. The quantitative estimate of drug-likeness (QED) is 0.540. The van der Waals surface area contributed by atoms with Crippen molar-refractivity contribution < 1.29 is 9.84 Å². The second kappa shape index (κ2) is 7.47. The van der Waals surface area contributed by atoms with Crippen LogP contribution < -0.4 is 10.1 Å². The van der Waals surface area contributed by atoms with E-state index in [1.54, 1.807) is 30.3 Å². The van der Waals surface area contributed by atoms with E-state index in [0.717, 1.165) is 17.1 Å². The second-order valence-electron chi connectivity index (χ2n) is 5.19. The van der Waals surface area contributed by atoms with E-state index in [1.807, 2.05) is 36.4 Å². The summed E-state index contributed by atoms with van der Waals surface area (Å²) >= 11 is 11.8. The minimum atomic E-state index is 0.0488. The van der Waals surface area contributed by atoms with Gasteiger partial charge in [-0.25, -0.2) is 0 Å². The van der Waals surface area contributed by atoms with Crippen molar-refractivity contribution in [1.82, 2.24) is 0 Å². The van der Waals surface area contributed by atoms with Crippen molar-refractivity contribution in [2.75, 3.05) is 5.32 Å². The van der Waals surface area contributed by atoms with Gasteiger partial charge in [-0.1, -0.05) is 41.4 Å². The summed E-state index contributed by atoms with van der Waals surface area (Å²) in [6.45, 7) is 0.533. The van der Waals surface area contributed by atoms with Crippen molar-refractivity contribution in [3.8, 4) is 17.2 Å². The molecule has 0 saturated carbocycles. The monoisotopic (exact) mass is 359 g/mol. The average Bonchev–Trinajstić information content (AvgIpc) is 2.59. The fourth-order valence-electron chi connectivity index (χ4n) is 2.21. The lowest BCUT2D eigenvalue weighted by molar-refractivity contribution is 0.477. The Labute approximate surface area is 150 Å². The lowest BCUT2D eigenvalue weighted by Gasteiger charge is -2.11. The molecule has 0 saturated heterocycles. The maximum atomic E-state index is 9.92. The fourth-order valence-corrected chi connectivity index (χ4v) is 2.51. The van der Waals surface area contributed by atoms with Crippen molar-refractivity contribution in [2.45, 2.75) is 6.54 Å². The Bertz CT molecular complexity index is 835. The summed E-state index contributed by atoms with van der Waals surface area (Å²) in [5, 5.41) is 14.1. The molecule has 3 aromatic rings. The first-order valence-electron chi connectivity index (χ1n) is 7.35. The summed E-state index contributed by atoms with van der Waals surface area (Å²) < 4.78 is 5.81.